The molecule has 2 aliphatic heterocycles. The Morgan fingerprint density at radius 2 is 1.75 bits per heavy atom. The van der Waals surface area contributed by atoms with E-state index in [1.54, 1.807) is 0 Å². The first-order valence-corrected chi connectivity index (χ1v) is 12.2. The molecule has 6 nitrogen and oxygen atoms in total. The number of hydrogen-bond acceptors (Lipinski definition) is 4. The van der Waals surface area contributed by atoms with E-state index in [2.05, 4.69) is 41.4 Å². The van der Waals surface area contributed by atoms with Crippen molar-refractivity contribution in [3.8, 4) is 0 Å². The van der Waals surface area contributed by atoms with E-state index >= 15 is 0 Å². The molecule has 0 aliphatic carbocycles. The molecule has 0 unspecified atom stereocenters. The third kappa shape index (κ3) is 5.26. The molecule has 2 aliphatic rings. The van der Waals surface area contributed by atoms with Crippen molar-refractivity contribution in [2.45, 2.75) is 45.6 Å². The molecule has 2 saturated heterocycles. The molecule has 3 rings (SSSR count). The summed E-state index contributed by atoms with van der Waals surface area (Å²) in [5, 5.41) is 3.11. The lowest BCUT2D eigenvalue weighted by Crippen LogP contribution is -2.43. The minimum Gasteiger partial charge on any atom is -0.371 e. The van der Waals surface area contributed by atoms with Crippen molar-refractivity contribution >= 4 is 21.6 Å². The first-order valence-electron chi connectivity index (χ1n) is 10.3. The molecular formula is C21H33N3O3S. The van der Waals surface area contributed by atoms with Gasteiger partial charge in [-0.2, -0.15) is 0 Å². The van der Waals surface area contributed by atoms with Crippen molar-refractivity contribution in [1.29, 1.82) is 0 Å². The van der Waals surface area contributed by atoms with Crippen LogP contribution in [-0.4, -0.2) is 51.1 Å². The number of rotatable bonds is 5. The highest BCUT2D eigenvalue weighted by molar-refractivity contribution is 7.88. The van der Waals surface area contributed by atoms with Crippen LogP contribution in [0.4, 0.5) is 5.69 Å². The van der Waals surface area contributed by atoms with Crippen LogP contribution in [0.15, 0.2) is 24.3 Å². The smallest absolute Gasteiger partial charge is 0.223 e. The molecule has 1 N–H and O–H groups in total. The second-order valence-electron chi connectivity index (χ2n) is 8.45. The Kier molecular flexibility index (Phi) is 6.65. The largest absolute Gasteiger partial charge is 0.371 e. The van der Waals surface area contributed by atoms with Crippen molar-refractivity contribution in [3.63, 3.8) is 0 Å². The van der Waals surface area contributed by atoms with Gasteiger partial charge in [-0.05, 0) is 56.2 Å². The zero-order valence-electron chi connectivity index (χ0n) is 17.2. The zero-order chi connectivity index (χ0) is 20.3. The Morgan fingerprint density at radius 1 is 1.11 bits per heavy atom. The molecule has 0 aromatic heterocycles. The van der Waals surface area contributed by atoms with Crippen LogP contribution < -0.4 is 10.2 Å². The van der Waals surface area contributed by atoms with Crippen LogP contribution in [0.2, 0.25) is 0 Å². The summed E-state index contributed by atoms with van der Waals surface area (Å²) < 4.78 is 24.7. The molecule has 0 bridgehead atoms. The van der Waals surface area contributed by atoms with Crippen LogP contribution in [0.3, 0.4) is 0 Å². The highest BCUT2D eigenvalue weighted by Gasteiger charge is 2.29. The van der Waals surface area contributed by atoms with Crippen LogP contribution in [0.25, 0.3) is 0 Å². The van der Waals surface area contributed by atoms with Gasteiger partial charge in [0.1, 0.15) is 0 Å². The number of nitrogens with zero attached hydrogens (tertiary/aromatic N) is 2. The maximum atomic E-state index is 12.6. The zero-order valence-corrected chi connectivity index (χ0v) is 18.0. The average molecular weight is 408 g/mol. The lowest BCUT2D eigenvalue weighted by molar-refractivity contribution is -0.126. The predicted molar refractivity (Wildman–Crippen MR) is 113 cm³/mol. The number of nitrogens with one attached hydrogen (secondary N) is 1. The van der Waals surface area contributed by atoms with Gasteiger partial charge in [0, 0.05) is 37.8 Å². The van der Waals surface area contributed by atoms with Gasteiger partial charge in [0.05, 0.1) is 12.3 Å². The van der Waals surface area contributed by atoms with Crippen LogP contribution in [0, 0.1) is 11.8 Å². The molecule has 7 heteroatoms. The second-order valence-corrected chi connectivity index (χ2v) is 10.4. The third-order valence-corrected chi connectivity index (χ3v) is 7.37. The Balaban J connectivity index is 1.53. The van der Waals surface area contributed by atoms with Crippen LogP contribution in [0.5, 0.6) is 0 Å². The van der Waals surface area contributed by atoms with Gasteiger partial charge < -0.3 is 10.2 Å². The average Bonchev–Trinajstić information content (AvgIpc) is 2.67. The van der Waals surface area contributed by atoms with Gasteiger partial charge in [-0.15, -0.1) is 0 Å². The Hall–Kier alpha value is -1.60. The number of hydrogen-bond donors (Lipinski definition) is 1. The number of anilines is 1. The summed E-state index contributed by atoms with van der Waals surface area (Å²) in [5.41, 5.74) is 2.35. The quantitative estimate of drug-likeness (QED) is 0.815. The maximum Gasteiger partial charge on any atom is 0.223 e. The fourth-order valence-corrected chi connectivity index (χ4v) is 5.14. The summed E-state index contributed by atoms with van der Waals surface area (Å²) in [6, 6.07) is 8.45. The summed E-state index contributed by atoms with van der Waals surface area (Å²) in [5.74, 6) is 0.643. The number of carbonyl (C=O) groups excluding carboxylic acids is 1. The van der Waals surface area contributed by atoms with E-state index < -0.39 is 10.0 Å². The lowest BCUT2D eigenvalue weighted by Gasteiger charge is -2.33. The highest BCUT2D eigenvalue weighted by Crippen LogP contribution is 2.25. The van der Waals surface area contributed by atoms with Crippen molar-refractivity contribution < 1.29 is 13.2 Å². The van der Waals surface area contributed by atoms with Crippen LogP contribution in [0.1, 0.15) is 51.1 Å². The van der Waals surface area contributed by atoms with Gasteiger partial charge in [-0.3, -0.25) is 4.79 Å². The lowest BCUT2D eigenvalue weighted by atomic mass is 9.96. The molecule has 1 aromatic carbocycles. The number of sulfonamides is 1. The number of amides is 1. The van der Waals surface area contributed by atoms with E-state index in [1.165, 1.54) is 29.1 Å². The van der Waals surface area contributed by atoms with E-state index in [4.69, 9.17) is 0 Å². The van der Waals surface area contributed by atoms with Crippen molar-refractivity contribution in [1.82, 2.24) is 9.62 Å². The fourth-order valence-electron chi connectivity index (χ4n) is 4.26. The first kappa shape index (κ1) is 21.1. The minimum atomic E-state index is -3.16. The number of piperidine rings is 2. The normalized spacial score (nSPS) is 23.4. The molecule has 0 saturated carbocycles. The maximum absolute atomic E-state index is 12.6. The summed E-state index contributed by atoms with van der Waals surface area (Å²) in [4.78, 5) is 15.0. The van der Waals surface area contributed by atoms with E-state index in [0.717, 1.165) is 24.6 Å². The first-order chi connectivity index (χ1) is 13.2. The molecule has 2 heterocycles. The molecule has 2 fully saturated rings. The third-order valence-electron chi connectivity index (χ3n) is 6.07. The van der Waals surface area contributed by atoms with Crippen LogP contribution >= 0.6 is 0 Å². The van der Waals surface area contributed by atoms with Crippen molar-refractivity contribution in [3.05, 3.63) is 29.8 Å². The standard InChI is InChI=1S/C21H33N3O3S/c1-16-5-4-12-23(15-16)20-8-6-18(7-9-20)17(2)22-21(25)19-10-13-24(14-11-19)28(3,26)27/h6-9,16-17,19H,4-5,10-15H2,1-3H3,(H,22,25)/t16-,17+/m1/s1. The molecule has 28 heavy (non-hydrogen) atoms. The van der Waals surface area contributed by atoms with Gasteiger partial charge in [0.2, 0.25) is 15.9 Å². The summed E-state index contributed by atoms with van der Waals surface area (Å²) in [7, 11) is -3.16. The van der Waals surface area contributed by atoms with Gasteiger partial charge in [0.25, 0.3) is 0 Å². The summed E-state index contributed by atoms with van der Waals surface area (Å²) in [6.07, 6.45) is 4.94. The van der Waals surface area contributed by atoms with Gasteiger partial charge >= 0.3 is 0 Å². The highest BCUT2D eigenvalue weighted by atomic mass is 32.2. The van der Waals surface area contributed by atoms with E-state index in [0.29, 0.717) is 25.9 Å². The molecule has 156 valence electrons. The number of carbonyl (C=O) groups is 1. The Bertz CT molecular complexity index is 771. The summed E-state index contributed by atoms with van der Waals surface area (Å²) in [6.45, 7) is 7.38. The van der Waals surface area contributed by atoms with Crippen molar-refractivity contribution in [2.75, 3.05) is 37.3 Å². The van der Waals surface area contributed by atoms with Crippen molar-refractivity contribution in [2.24, 2.45) is 11.8 Å². The SMILES string of the molecule is C[C@@H]1CCCN(c2ccc([C@H](C)NC(=O)C3CCN(S(C)(=O)=O)CC3)cc2)C1. The monoisotopic (exact) mass is 407 g/mol. The van der Waals surface area contributed by atoms with E-state index in [-0.39, 0.29) is 17.9 Å². The predicted octanol–water partition coefficient (Wildman–Crippen LogP) is 2.77. The fraction of sp³-hybridized carbons (Fsp3) is 0.667. The van der Waals surface area contributed by atoms with Crippen LogP contribution in [-0.2, 0) is 14.8 Å². The van der Waals surface area contributed by atoms with Gasteiger partial charge in [0.15, 0.2) is 0 Å². The second kappa shape index (κ2) is 8.82. The Labute approximate surface area is 169 Å². The molecular weight excluding hydrogens is 374 g/mol. The Morgan fingerprint density at radius 3 is 2.32 bits per heavy atom. The molecule has 0 spiro atoms. The summed E-state index contributed by atoms with van der Waals surface area (Å²) >= 11 is 0. The topological polar surface area (TPSA) is 69.7 Å². The van der Waals surface area contributed by atoms with E-state index in [9.17, 15) is 13.2 Å². The molecule has 2 atom stereocenters. The van der Waals surface area contributed by atoms with Gasteiger partial charge in [-0.25, -0.2) is 12.7 Å². The molecule has 1 amide bonds. The van der Waals surface area contributed by atoms with E-state index in [1.807, 2.05) is 6.92 Å². The minimum absolute atomic E-state index is 0.0228. The number of benzene rings is 1. The molecule has 0 radical (unpaired) electrons. The molecule has 1 aromatic rings. The van der Waals surface area contributed by atoms with Gasteiger partial charge in [-0.1, -0.05) is 19.1 Å².